The SMILES string of the molecule is C=C(C(=O)OC(C)(C)C)C(=O)c1ccc(-c2ccc3c(c2)OCO3)cc1[N+](=O)[O-]. The van der Waals surface area contributed by atoms with Gasteiger partial charge in [0.25, 0.3) is 5.69 Å². The maximum atomic E-state index is 12.7. The molecule has 0 radical (unpaired) electrons. The van der Waals surface area contributed by atoms with Crippen LogP contribution in [0.25, 0.3) is 11.1 Å². The maximum absolute atomic E-state index is 12.7. The third-order valence-corrected chi connectivity index (χ3v) is 4.06. The Labute approximate surface area is 166 Å². The summed E-state index contributed by atoms with van der Waals surface area (Å²) in [6, 6.07) is 9.26. The van der Waals surface area contributed by atoms with Crippen LogP contribution in [-0.4, -0.2) is 29.1 Å². The molecule has 0 N–H and O–H groups in total. The van der Waals surface area contributed by atoms with Crippen molar-refractivity contribution in [2.75, 3.05) is 6.79 Å². The molecule has 150 valence electrons. The van der Waals surface area contributed by atoms with Crippen molar-refractivity contribution in [3.05, 3.63) is 64.2 Å². The summed E-state index contributed by atoms with van der Waals surface area (Å²) in [6.07, 6.45) is 0. The molecule has 0 saturated carbocycles. The van der Waals surface area contributed by atoms with Crippen molar-refractivity contribution in [1.29, 1.82) is 0 Å². The summed E-state index contributed by atoms with van der Waals surface area (Å²) in [5.74, 6) is -0.660. The van der Waals surface area contributed by atoms with Crippen molar-refractivity contribution in [3.8, 4) is 22.6 Å². The van der Waals surface area contributed by atoms with Gasteiger partial charge in [0.2, 0.25) is 12.6 Å². The zero-order chi connectivity index (χ0) is 21.3. The van der Waals surface area contributed by atoms with Gasteiger partial charge in [0.05, 0.1) is 4.92 Å². The summed E-state index contributed by atoms with van der Waals surface area (Å²) in [5, 5.41) is 11.6. The Bertz CT molecular complexity index is 1030. The van der Waals surface area contributed by atoms with E-state index in [9.17, 15) is 19.7 Å². The van der Waals surface area contributed by atoms with Crippen LogP contribution in [0.2, 0.25) is 0 Å². The molecular formula is C21H19NO7. The van der Waals surface area contributed by atoms with Crippen LogP contribution < -0.4 is 9.47 Å². The zero-order valence-corrected chi connectivity index (χ0v) is 16.2. The number of hydrogen-bond acceptors (Lipinski definition) is 7. The van der Waals surface area contributed by atoms with Gasteiger partial charge in [-0.15, -0.1) is 0 Å². The second-order valence-corrected chi connectivity index (χ2v) is 7.37. The van der Waals surface area contributed by atoms with Crippen LogP contribution in [0.15, 0.2) is 48.6 Å². The molecule has 0 fully saturated rings. The molecule has 8 nitrogen and oxygen atoms in total. The van der Waals surface area contributed by atoms with Crippen molar-refractivity contribution in [2.45, 2.75) is 26.4 Å². The molecule has 2 aromatic rings. The van der Waals surface area contributed by atoms with Crippen molar-refractivity contribution in [3.63, 3.8) is 0 Å². The maximum Gasteiger partial charge on any atom is 0.342 e. The van der Waals surface area contributed by atoms with E-state index in [0.29, 0.717) is 22.6 Å². The molecule has 0 unspecified atom stereocenters. The smallest absolute Gasteiger partial charge is 0.342 e. The largest absolute Gasteiger partial charge is 0.456 e. The van der Waals surface area contributed by atoms with Crippen LogP contribution in [0.1, 0.15) is 31.1 Å². The monoisotopic (exact) mass is 397 g/mol. The van der Waals surface area contributed by atoms with Crippen LogP contribution in [-0.2, 0) is 9.53 Å². The van der Waals surface area contributed by atoms with Gasteiger partial charge in [-0.2, -0.15) is 0 Å². The van der Waals surface area contributed by atoms with Crippen molar-refractivity contribution in [1.82, 2.24) is 0 Å². The van der Waals surface area contributed by atoms with E-state index >= 15 is 0 Å². The molecular weight excluding hydrogens is 378 g/mol. The third-order valence-electron chi connectivity index (χ3n) is 4.06. The predicted molar refractivity (Wildman–Crippen MR) is 104 cm³/mol. The normalized spacial score (nSPS) is 12.4. The Morgan fingerprint density at radius 3 is 2.34 bits per heavy atom. The van der Waals surface area contributed by atoms with E-state index in [2.05, 4.69) is 6.58 Å². The highest BCUT2D eigenvalue weighted by Gasteiger charge is 2.29. The summed E-state index contributed by atoms with van der Waals surface area (Å²) in [6.45, 7) is 8.50. The van der Waals surface area contributed by atoms with Crippen LogP contribution in [0.5, 0.6) is 11.5 Å². The zero-order valence-electron chi connectivity index (χ0n) is 16.2. The minimum absolute atomic E-state index is 0.110. The lowest BCUT2D eigenvalue weighted by molar-refractivity contribution is -0.385. The van der Waals surface area contributed by atoms with Gasteiger partial charge in [-0.3, -0.25) is 14.9 Å². The molecule has 0 bridgehead atoms. The molecule has 2 aromatic carbocycles. The molecule has 0 saturated heterocycles. The number of nitro benzene ring substituents is 1. The Morgan fingerprint density at radius 1 is 1.07 bits per heavy atom. The number of carbonyl (C=O) groups is 2. The summed E-state index contributed by atoms with van der Waals surface area (Å²) >= 11 is 0. The van der Waals surface area contributed by atoms with E-state index in [0.717, 1.165) is 0 Å². The summed E-state index contributed by atoms with van der Waals surface area (Å²) in [5.41, 5.74) is -0.809. The molecule has 3 rings (SSSR count). The standard InChI is InChI=1S/C21H19NO7/c1-12(20(24)29-21(2,3)4)19(23)15-7-5-13(9-16(15)22(25)26)14-6-8-17-18(10-14)28-11-27-17/h5-10H,1,11H2,2-4H3. The molecule has 1 aliphatic heterocycles. The summed E-state index contributed by atoms with van der Waals surface area (Å²) in [7, 11) is 0. The Hall–Kier alpha value is -3.68. The molecule has 1 aliphatic rings. The number of carbonyl (C=O) groups excluding carboxylic acids is 2. The molecule has 8 heteroatoms. The van der Waals surface area contributed by atoms with Gasteiger partial charge < -0.3 is 14.2 Å². The average Bonchev–Trinajstić information content (AvgIpc) is 3.12. The number of ketones is 1. The average molecular weight is 397 g/mol. The van der Waals surface area contributed by atoms with E-state index in [4.69, 9.17) is 14.2 Å². The number of benzene rings is 2. The fourth-order valence-electron chi connectivity index (χ4n) is 2.73. The quantitative estimate of drug-likeness (QED) is 0.142. The van der Waals surface area contributed by atoms with Crippen molar-refractivity contribution < 1.29 is 28.7 Å². The highest BCUT2D eigenvalue weighted by molar-refractivity contribution is 6.25. The van der Waals surface area contributed by atoms with Crippen LogP contribution in [0, 0.1) is 10.1 Å². The Balaban J connectivity index is 1.94. The topological polar surface area (TPSA) is 105 Å². The third kappa shape index (κ3) is 4.26. The first-order valence-corrected chi connectivity index (χ1v) is 8.72. The van der Waals surface area contributed by atoms with Gasteiger partial charge in [-0.05, 0) is 50.1 Å². The number of nitro groups is 1. The number of Topliss-reactive ketones (excluding diaryl/α,β-unsaturated/α-hetero) is 1. The van der Waals surface area contributed by atoms with E-state index in [1.165, 1.54) is 12.1 Å². The van der Waals surface area contributed by atoms with Crippen LogP contribution in [0.4, 0.5) is 5.69 Å². The summed E-state index contributed by atoms with van der Waals surface area (Å²) < 4.78 is 15.7. The number of nitrogens with zero attached hydrogens (tertiary/aromatic N) is 1. The van der Waals surface area contributed by atoms with Crippen molar-refractivity contribution in [2.24, 2.45) is 0 Å². The van der Waals surface area contributed by atoms with Gasteiger partial charge in [-0.1, -0.05) is 18.7 Å². The number of esters is 1. The fourth-order valence-corrected chi connectivity index (χ4v) is 2.73. The first kappa shape index (κ1) is 20.1. The van der Waals surface area contributed by atoms with Crippen molar-refractivity contribution >= 4 is 17.4 Å². The second kappa shape index (κ2) is 7.38. The lowest BCUT2D eigenvalue weighted by atomic mass is 9.97. The van der Waals surface area contributed by atoms with E-state index in [-0.39, 0.29) is 12.4 Å². The Morgan fingerprint density at radius 2 is 1.69 bits per heavy atom. The molecule has 29 heavy (non-hydrogen) atoms. The number of fused-ring (bicyclic) bond motifs is 1. The fraction of sp³-hybridized carbons (Fsp3) is 0.238. The van der Waals surface area contributed by atoms with Crippen LogP contribution in [0.3, 0.4) is 0 Å². The molecule has 0 aliphatic carbocycles. The number of ether oxygens (including phenoxy) is 3. The molecule has 0 aromatic heterocycles. The van der Waals surface area contributed by atoms with Gasteiger partial charge in [0.15, 0.2) is 11.5 Å². The first-order valence-electron chi connectivity index (χ1n) is 8.72. The highest BCUT2D eigenvalue weighted by Crippen LogP contribution is 2.37. The predicted octanol–water partition coefficient (Wildman–Crippen LogP) is 4.07. The first-order chi connectivity index (χ1) is 13.6. The number of hydrogen-bond donors (Lipinski definition) is 0. The second-order valence-electron chi connectivity index (χ2n) is 7.37. The lowest BCUT2D eigenvalue weighted by Crippen LogP contribution is -2.27. The molecule has 0 atom stereocenters. The van der Waals surface area contributed by atoms with Crippen LogP contribution >= 0.6 is 0 Å². The molecule has 0 spiro atoms. The van der Waals surface area contributed by atoms with Gasteiger partial charge in [0, 0.05) is 6.07 Å². The minimum Gasteiger partial charge on any atom is -0.456 e. The van der Waals surface area contributed by atoms with Gasteiger partial charge >= 0.3 is 5.97 Å². The van der Waals surface area contributed by atoms with E-state index in [1.807, 2.05) is 0 Å². The van der Waals surface area contributed by atoms with Gasteiger partial charge in [-0.25, -0.2) is 4.79 Å². The van der Waals surface area contributed by atoms with Gasteiger partial charge in [0.1, 0.15) is 16.7 Å². The van der Waals surface area contributed by atoms with E-state index in [1.54, 1.807) is 45.0 Å². The Kier molecular flexibility index (Phi) is 5.11. The molecule has 0 amide bonds. The summed E-state index contributed by atoms with van der Waals surface area (Å²) in [4.78, 5) is 35.7. The lowest BCUT2D eigenvalue weighted by Gasteiger charge is -2.19. The van der Waals surface area contributed by atoms with E-state index < -0.39 is 33.5 Å². The minimum atomic E-state index is -0.920. The highest BCUT2D eigenvalue weighted by atomic mass is 16.7. The number of rotatable bonds is 5. The molecule has 1 heterocycles.